The van der Waals surface area contributed by atoms with Crippen LogP contribution in [0.4, 0.5) is 0 Å². The van der Waals surface area contributed by atoms with Gasteiger partial charge in [-0.05, 0) is 12.8 Å². The summed E-state index contributed by atoms with van der Waals surface area (Å²) in [6, 6.07) is 0. The van der Waals surface area contributed by atoms with E-state index >= 15 is 0 Å². The normalized spacial score (nSPS) is 10.4. The molecule has 0 aliphatic heterocycles. The van der Waals surface area contributed by atoms with Gasteiger partial charge in [0, 0.05) is 32.2 Å². The number of carbonyl (C=O) groups is 1. The molecular formula is C11H18BrN3O. The average Bonchev–Trinajstić information content (AvgIpc) is 2.70. The van der Waals surface area contributed by atoms with E-state index in [1.54, 1.807) is 22.0 Å². The summed E-state index contributed by atoms with van der Waals surface area (Å²) >= 11 is 3.39. The Morgan fingerprint density at radius 3 is 2.81 bits per heavy atom. The van der Waals surface area contributed by atoms with Crippen LogP contribution in [0.2, 0.25) is 0 Å². The van der Waals surface area contributed by atoms with E-state index in [2.05, 4.69) is 20.9 Å². The minimum Gasteiger partial charge on any atom is -0.340 e. The zero-order valence-electron chi connectivity index (χ0n) is 9.82. The third-order valence-corrected chi connectivity index (χ3v) is 2.96. The first-order valence-corrected chi connectivity index (χ1v) is 6.56. The zero-order chi connectivity index (χ0) is 12.0. The van der Waals surface area contributed by atoms with Crippen LogP contribution in [0, 0.1) is 0 Å². The number of alkyl halides is 1. The van der Waals surface area contributed by atoms with E-state index in [1.807, 2.05) is 14.1 Å². The van der Waals surface area contributed by atoms with Crippen molar-refractivity contribution in [3.8, 4) is 0 Å². The molecule has 16 heavy (non-hydrogen) atoms. The van der Waals surface area contributed by atoms with Crippen LogP contribution in [0.15, 0.2) is 12.5 Å². The number of nitrogens with zero attached hydrogens (tertiary/aromatic N) is 3. The van der Waals surface area contributed by atoms with E-state index in [4.69, 9.17) is 0 Å². The highest BCUT2D eigenvalue weighted by Crippen LogP contribution is 2.04. The Hall–Kier alpha value is -0.840. The highest BCUT2D eigenvalue weighted by Gasteiger charge is 2.13. The maximum absolute atomic E-state index is 11.9. The minimum absolute atomic E-state index is 0.000516. The Labute approximate surface area is 105 Å². The standard InChI is InChI=1S/C11H18BrN3O/c1-14-8-10(13-9-14)11(16)15(2)7-5-3-4-6-12/h8-9H,3-7H2,1-2H3. The first-order valence-electron chi connectivity index (χ1n) is 5.44. The summed E-state index contributed by atoms with van der Waals surface area (Å²) in [6.07, 6.45) is 6.74. The zero-order valence-corrected chi connectivity index (χ0v) is 11.4. The van der Waals surface area contributed by atoms with Crippen molar-refractivity contribution in [1.82, 2.24) is 14.5 Å². The molecule has 1 aromatic heterocycles. The first-order chi connectivity index (χ1) is 7.65. The third-order valence-electron chi connectivity index (χ3n) is 2.40. The summed E-state index contributed by atoms with van der Waals surface area (Å²) in [7, 11) is 3.69. The van der Waals surface area contributed by atoms with Gasteiger partial charge < -0.3 is 9.47 Å². The van der Waals surface area contributed by atoms with Crippen molar-refractivity contribution >= 4 is 21.8 Å². The summed E-state index contributed by atoms with van der Waals surface area (Å²) in [6.45, 7) is 0.794. The maximum Gasteiger partial charge on any atom is 0.273 e. The van der Waals surface area contributed by atoms with Crippen molar-refractivity contribution in [3.05, 3.63) is 18.2 Å². The van der Waals surface area contributed by atoms with E-state index in [9.17, 15) is 4.79 Å². The van der Waals surface area contributed by atoms with Gasteiger partial charge >= 0.3 is 0 Å². The molecular weight excluding hydrogens is 270 g/mol. The van der Waals surface area contributed by atoms with Crippen LogP contribution in [0.1, 0.15) is 29.8 Å². The number of amides is 1. The Balaban J connectivity index is 2.36. The molecule has 1 amide bonds. The lowest BCUT2D eigenvalue weighted by Crippen LogP contribution is -2.28. The van der Waals surface area contributed by atoms with Crippen LogP contribution in [0.25, 0.3) is 0 Å². The van der Waals surface area contributed by atoms with Crippen LogP contribution >= 0.6 is 15.9 Å². The molecule has 0 fully saturated rings. The largest absolute Gasteiger partial charge is 0.340 e. The number of carbonyl (C=O) groups excluding carboxylic acids is 1. The van der Waals surface area contributed by atoms with Crippen LogP contribution in [0.3, 0.4) is 0 Å². The van der Waals surface area contributed by atoms with Gasteiger partial charge in [-0.2, -0.15) is 0 Å². The molecule has 0 atom stereocenters. The van der Waals surface area contributed by atoms with Crippen LogP contribution in [-0.4, -0.2) is 39.3 Å². The molecule has 4 nitrogen and oxygen atoms in total. The fourth-order valence-electron chi connectivity index (χ4n) is 1.44. The fourth-order valence-corrected chi connectivity index (χ4v) is 1.84. The monoisotopic (exact) mass is 287 g/mol. The van der Waals surface area contributed by atoms with Crippen molar-refractivity contribution in [2.75, 3.05) is 18.9 Å². The predicted molar refractivity (Wildman–Crippen MR) is 67.8 cm³/mol. The van der Waals surface area contributed by atoms with E-state index in [0.29, 0.717) is 5.69 Å². The number of hydrogen-bond donors (Lipinski definition) is 0. The van der Waals surface area contributed by atoms with Crippen LogP contribution in [-0.2, 0) is 7.05 Å². The van der Waals surface area contributed by atoms with Gasteiger partial charge in [0.1, 0.15) is 5.69 Å². The van der Waals surface area contributed by atoms with Gasteiger partial charge in [0.05, 0.1) is 6.33 Å². The second-order valence-corrected chi connectivity index (χ2v) is 4.69. The quantitative estimate of drug-likeness (QED) is 0.593. The van der Waals surface area contributed by atoms with Crippen molar-refractivity contribution in [1.29, 1.82) is 0 Å². The summed E-state index contributed by atoms with van der Waals surface area (Å²) in [5, 5.41) is 1.03. The van der Waals surface area contributed by atoms with Gasteiger partial charge in [-0.1, -0.05) is 22.4 Å². The van der Waals surface area contributed by atoms with Crippen molar-refractivity contribution in [2.45, 2.75) is 19.3 Å². The van der Waals surface area contributed by atoms with E-state index < -0.39 is 0 Å². The minimum atomic E-state index is -0.000516. The number of aryl methyl sites for hydroxylation is 1. The van der Waals surface area contributed by atoms with Gasteiger partial charge in [0.25, 0.3) is 5.91 Å². The molecule has 0 radical (unpaired) electrons. The lowest BCUT2D eigenvalue weighted by atomic mass is 10.2. The number of rotatable bonds is 6. The maximum atomic E-state index is 11.9. The molecule has 1 heterocycles. The highest BCUT2D eigenvalue weighted by molar-refractivity contribution is 9.09. The van der Waals surface area contributed by atoms with Gasteiger partial charge in [-0.15, -0.1) is 0 Å². The second-order valence-electron chi connectivity index (χ2n) is 3.90. The molecule has 0 unspecified atom stereocenters. The van der Waals surface area contributed by atoms with Crippen LogP contribution in [0.5, 0.6) is 0 Å². The number of aromatic nitrogens is 2. The smallest absolute Gasteiger partial charge is 0.273 e. The summed E-state index contributed by atoms with van der Waals surface area (Å²) in [5.41, 5.74) is 0.519. The molecule has 1 rings (SSSR count). The van der Waals surface area contributed by atoms with Gasteiger partial charge in [-0.25, -0.2) is 4.98 Å². The molecule has 90 valence electrons. The number of halogens is 1. The molecule has 0 aliphatic carbocycles. The number of hydrogen-bond acceptors (Lipinski definition) is 2. The predicted octanol–water partition coefficient (Wildman–Crippen LogP) is 2.06. The second kappa shape index (κ2) is 6.68. The SMILES string of the molecule is CN(CCCCCBr)C(=O)c1cn(C)cn1. The molecule has 0 aliphatic rings. The highest BCUT2D eigenvalue weighted by atomic mass is 79.9. The van der Waals surface area contributed by atoms with Crippen molar-refractivity contribution < 1.29 is 4.79 Å². The molecule has 0 spiro atoms. The van der Waals surface area contributed by atoms with Crippen molar-refractivity contribution in [3.63, 3.8) is 0 Å². The van der Waals surface area contributed by atoms with Crippen LogP contribution < -0.4 is 0 Å². The first kappa shape index (κ1) is 13.2. The molecule has 0 aromatic carbocycles. The molecule has 0 bridgehead atoms. The Bertz CT molecular complexity index is 338. The number of imidazole rings is 1. The van der Waals surface area contributed by atoms with E-state index in [1.165, 1.54) is 0 Å². The summed E-state index contributed by atoms with van der Waals surface area (Å²) in [5.74, 6) is -0.000516. The number of unbranched alkanes of at least 4 members (excludes halogenated alkanes) is 2. The van der Waals surface area contributed by atoms with Gasteiger partial charge in [0.15, 0.2) is 0 Å². The van der Waals surface area contributed by atoms with Crippen molar-refractivity contribution in [2.24, 2.45) is 7.05 Å². The lowest BCUT2D eigenvalue weighted by Gasteiger charge is -2.15. The van der Waals surface area contributed by atoms with E-state index in [-0.39, 0.29) is 5.91 Å². The van der Waals surface area contributed by atoms with E-state index in [0.717, 1.165) is 31.1 Å². The Kier molecular flexibility index (Phi) is 5.52. The Morgan fingerprint density at radius 1 is 1.50 bits per heavy atom. The lowest BCUT2D eigenvalue weighted by molar-refractivity contribution is 0.0787. The van der Waals surface area contributed by atoms with Gasteiger partial charge in [0.2, 0.25) is 0 Å². The molecule has 0 saturated carbocycles. The topological polar surface area (TPSA) is 38.1 Å². The Morgan fingerprint density at radius 2 is 2.25 bits per heavy atom. The molecule has 1 aromatic rings. The summed E-state index contributed by atoms with van der Waals surface area (Å²) in [4.78, 5) is 17.6. The molecule has 0 N–H and O–H groups in total. The van der Waals surface area contributed by atoms with Gasteiger partial charge in [-0.3, -0.25) is 4.79 Å². The molecule has 5 heteroatoms. The molecule has 0 saturated heterocycles. The third kappa shape index (κ3) is 3.96. The summed E-state index contributed by atoms with van der Waals surface area (Å²) < 4.78 is 1.78. The average molecular weight is 288 g/mol. The fraction of sp³-hybridized carbons (Fsp3) is 0.636.